The van der Waals surface area contributed by atoms with Gasteiger partial charge in [-0.25, -0.2) is 0 Å². The van der Waals surface area contributed by atoms with Crippen LogP contribution in [-0.4, -0.2) is 20.1 Å². The summed E-state index contributed by atoms with van der Waals surface area (Å²) in [7, 11) is 0. The number of benzene rings is 1. The van der Waals surface area contributed by atoms with Gasteiger partial charge in [-0.05, 0) is 31.2 Å². The van der Waals surface area contributed by atoms with Gasteiger partial charge in [0.05, 0.1) is 5.69 Å². The summed E-state index contributed by atoms with van der Waals surface area (Å²) in [5, 5.41) is 16.8. The minimum Gasteiger partial charge on any atom is -0.508 e. The molecule has 0 saturated carbocycles. The maximum absolute atomic E-state index is 9.10. The Kier molecular flexibility index (Phi) is 1.85. The van der Waals surface area contributed by atoms with Crippen molar-refractivity contribution >= 4 is 5.82 Å². The van der Waals surface area contributed by atoms with Crippen molar-refractivity contribution in [3.63, 3.8) is 0 Å². The standard InChI is InChI=1S/C9H10N4O/c1-6-9(10)13(12-11-6)7-2-4-8(14)5-3-7/h2-5,14H,10H2,1H3. The van der Waals surface area contributed by atoms with Crippen LogP contribution in [0.4, 0.5) is 5.82 Å². The molecule has 0 atom stereocenters. The minimum absolute atomic E-state index is 0.212. The predicted molar refractivity (Wildman–Crippen MR) is 52.2 cm³/mol. The number of phenolic OH excluding ortho intramolecular Hbond substituents is 1. The fourth-order valence-corrected chi connectivity index (χ4v) is 1.15. The number of rotatable bonds is 1. The first-order valence-corrected chi connectivity index (χ1v) is 4.15. The molecule has 1 aromatic heterocycles. The van der Waals surface area contributed by atoms with Crippen molar-refractivity contribution in [1.29, 1.82) is 0 Å². The van der Waals surface area contributed by atoms with Crippen molar-refractivity contribution in [2.24, 2.45) is 0 Å². The molecule has 1 heterocycles. The van der Waals surface area contributed by atoms with Crippen LogP contribution in [0.25, 0.3) is 5.69 Å². The number of anilines is 1. The molecular formula is C9H10N4O. The van der Waals surface area contributed by atoms with E-state index in [0.29, 0.717) is 11.5 Å². The molecule has 0 fully saturated rings. The van der Waals surface area contributed by atoms with Crippen LogP contribution in [0.15, 0.2) is 24.3 Å². The van der Waals surface area contributed by atoms with Gasteiger partial charge in [0.1, 0.15) is 11.4 Å². The Morgan fingerprint density at radius 2 is 1.93 bits per heavy atom. The van der Waals surface area contributed by atoms with Crippen LogP contribution in [0.2, 0.25) is 0 Å². The fraction of sp³-hybridized carbons (Fsp3) is 0.111. The average molecular weight is 190 g/mol. The van der Waals surface area contributed by atoms with Crippen LogP contribution < -0.4 is 5.73 Å². The molecule has 1 aromatic carbocycles. The van der Waals surface area contributed by atoms with Crippen molar-refractivity contribution in [3.8, 4) is 11.4 Å². The number of aromatic hydroxyl groups is 1. The van der Waals surface area contributed by atoms with Gasteiger partial charge in [-0.15, -0.1) is 5.10 Å². The molecule has 0 aliphatic rings. The first kappa shape index (κ1) is 8.55. The van der Waals surface area contributed by atoms with E-state index in [1.165, 1.54) is 4.68 Å². The summed E-state index contributed by atoms with van der Waals surface area (Å²) in [6.07, 6.45) is 0. The predicted octanol–water partition coefficient (Wildman–Crippen LogP) is 0.864. The normalized spacial score (nSPS) is 10.4. The Balaban J connectivity index is 2.49. The van der Waals surface area contributed by atoms with Crippen molar-refractivity contribution in [1.82, 2.24) is 15.0 Å². The molecule has 0 amide bonds. The van der Waals surface area contributed by atoms with Gasteiger partial charge in [0, 0.05) is 0 Å². The van der Waals surface area contributed by atoms with Crippen molar-refractivity contribution in [3.05, 3.63) is 30.0 Å². The molecule has 0 aliphatic heterocycles. The third-order valence-corrected chi connectivity index (χ3v) is 1.98. The number of hydrogen-bond donors (Lipinski definition) is 2. The highest BCUT2D eigenvalue weighted by molar-refractivity contribution is 5.44. The molecule has 72 valence electrons. The van der Waals surface area contributed by atoms with Gasteiger partial charge in [0.2, 0.25) is 0 Å². The maximum Gasteiger partial charge on any atom is 0.150 e. The Morgan fingerprint density at radius 3 is 2.43 bits per heavy atom. The van der Waals surface area contributed by atoms with Crippen molar-refractivity contribution in [2.45, 2.75) is 6.92 Å². The monoisotopic (exact) mass is 190 g/mol. The zero-order valence-corrected chi connectivity index (χ0v) is 7.68. The van der Waals surface area contributed by atoms with Crippen LogP contribution >= 0.6 is 0 Å². The molecule has 0 radical (unpaired) electrons. The molecule has 0 aliphatic carbocycles. The summed E-state index contributed by atoms with van der Waals surface area (Å²) >= 11 is 0. The zero-order chi connectivity index (χ0) is 10.1. The van der Waals surface area contributed by atoms with Crippen molar-refractivity contribution in [2.75, 3.05) is 5.73 Å². The second-order valence-corrected chi connectivity index (χ2v) is 2.99. The van der Waals surface area contributed by atoms with Crippen LogP contribution in [0.1, 0.15) is 5.69 Å². The van der Waals surface area contributed by atoms with Gasteiger partial charge in [-0.1, -0.05) is 5.21 Å². The highest BCUT2D eigenvalue weighted by atomic mass is 16.3. The summed E-state index contributed by atoms with van der Waals surface area (Å²) < 4.78 is 1.52. The zero-order valence-electron chi connectivity index (χ0n) is 7.68. The lowest BCUT2D eigenvalue weighted by molar-refractivity contribution is 0.475. The smallest absolute Gasteiger partial charge is 0.150 e. The molecule has 0 saturated heterocycles. The van der Waals surface area contributed by atoms with E-state index in [0.717, 1.165) is 5.69 Å². The van der Waals surface area contributed by atoms with E-state index >= 15 is 0 Å². The lowest BCUT2D eigenvalue weighted by Crippen LogP contribution is -2.01. The van der Waals surface area contributed by atoms with Gasteiger partial charge < -0.3 is 10.8 Å². The van der Waals surface area contributed by atoms with Crippen LogP contribution in [0.5, 0.6) is 5.75 Å². The largest absolute Gasteiger partial charge is 0.508 e. The number of nitrogens with two attached hydrogens (primary N) is 1. The third-order valence-electron chi connectivity index (χ3n) is 1.98. The van der Waals surface area contributed by atoms with Crippen LogP contribution in [0.3, 0.4) is 0 Å². The second-order valence-electron chi connectivity index (χ2n) is 2.99. The number of hydrogen-bond acceptors (Lipinski definition) is 4. The van der Waals surface area contributed by atoms with E-state index in [2.05, 4.69) is 10.3 Å². The molecule has 5 heteroatoms. The van der Waals surface area contributed by atoms with E-state index in [1.807, 2.05) is 0 Å². The number of phenols is 1. The quantitative estimate of drug-likeness (QED) is 0.699. The number of nitrogens with zero attached hydrogens (tertiary/aromatic N) is 3. The molecular weight excluding hydrogens is 180 g/mol. The van der Waals surface area contributed by atoms with E-state index in [1.54, 1.807) is 31.2 Å². The first-order chi connectivity index (χ1) is 6.68. The molecule has 14 heavy (non-hydrogen) atoms. The third kappa shape index (κ3) is 1.28. The molecule has 0 spiro atoms. The molecule has 2 rings (SSSR count). The van der Waals surface area contributed by atoms with E-state index in [9.17, 15) is 0 Å². The summed E-state index contributed by atoms with van der Waals surface area (Å²) in [5.41, 5.74) is 7.22. The first-order valence-electron chi connectivity index (χ1n) is 4.15. The topological polar surface area (TPSA) is 77.0 Å². The van der Waals surface area contributed by atoms with E-state index in [4.69, 9.17) is 10.8 Å². The lowest BCUT2D eigenvalue weighted by Gasteiger charge is -2.02. The number of nitrogen functional groups attached to an aromatic ring is 1. The molecule has 0 unspecified atom stereocenters. The molecule has 5 nitrogen and oxygen atoms in total. The lowest BCUT2D eigenvalue weighted by atomic mass is 10.3. The summed E-state index contributed by atoms with van der Waals surface area (Å²) in [6.45, 7) is 1.79. The average Bonchev–Trinajstić information content (AvgIpc) is 2.50. The summed E-state index contributed by atoms with van der Waals surface area (Å²) in [4.78, 5) is 0. The maximum atomic E-state index is 9.10. The Hall–Kier alpha value is -2.04. The van der Waals surface area contributed by atoms with E-state index in [-0.39, 0.29) is 5.75 Å². The summed E-state index contributed by atoms with van der Waals surface area (Å²) in [5.74, 6) is 0.722. The molecule has 0 bridgehead atoms. The Bertz CT molecular complexity index is 446. The van der Waals surface area contributed by atoms with Crippen molar-refractivity contribution < 1.29 is 5.11 Å². The molecule has 2 aromatic rings. The number of aryl methyl sites for hydroxylation is 1. The highest BCUT2D eigenvalue weighted by Crippen LogP contribution is 2.16. The van der Waals surface area contributed by atoms with Crippen LogP contribution in [0, 0.1) is 6.92 Å². The van der Waals surface area contributed by atoms with E-state index < -0.39 is 0 Å². The second kappa shape index (κ2) is 3.02. The SMILES string of the molecule is Cc1nnn(-c2ccc(O)cc2)c1N. The highest BCUT2D eigenvalue weighted by Gasteiger charge is 2.06. The van der Waals surface area contributed by atoms with Gasteiger partial charge in [-0.2, -0.15) is 4.68 Å². The Morgan fingerprint density at radius 1 is 1.29 bits per heavy atom. The van der Waals surface area contributed by atoms with Gasteiger partial charge in [0.15, 0.2) is 5.82 Å². The van der Waals surface area contributed by atoms with Gasteiger partial charge in [0.25, 0.3) is 0 Å². The van der Waals surface area contributed by atoms with Crippen LogP contribution in [-0.2, 0) is 0 Å². The number of aromatic nitrogens is 3. The van der Waals surface area contributed by atoms with Gasteiger partial charge in [-0.3, -0.25) is 0 Å². The Labute approximate surface area is 80.8 Å². The summed E-state index contributed by atoms with van der Waals surface area (Å²) in [6, 6.07) is 6.59. The molecule has 3 N–H and O–H groups in total. The minimum atomic E-state index is 0.212. The van der Waals surface area contributed by atoms with Gasteiger partial charge >= 0.3 is 0 Å². The fourth-order valence-electron chi connectivity index (χ4n) is 1.15.